The maximum atomic E-state index is 8.88. The maximum absolute atomic E-state index is 8.88. The Morgan fingerprint density at radius 1 is 1.11 bits per heavy atom. The van der Waals surface area contributed by atoms with Crippen molar-refractivity contribution < 1.29 is 53.4 Å². The zero-order chi connectivity index (χ0) is 4.50. The van der Waals surface area contributed by atoms with E-state index in [-0.39, 0.29) is 59.1 Å². The molecule has 0 aromatic rings. The van der Waals surface area contributed by atoms with Crippen molar-refractivity contribution in [1.29, 1.82) is 0 Å². The number of hydrogen-bond donors (Lipinski definition) is 4. The average molecular weight is 234 g/mol. The smallest absolute Gasteiger partial charge is 0 e. The third-order valence-electron chi connectivity index (χ3n) is 0. The molecule has 0 heterocycles. The van der Waals surface area contributed by atoms with Gasteiger partial charge in [0.25, 0.3) is 0 Å². The van der Waals surface area contributed by atoms with Crippen molar-refractivity contribution in [3.63, 3.8) is 0 Å². The standard InChI is InChI=1S/Fe.Li.Mn.H3N.H3O4P.H/c;;;;1-5(2,3)4;/h;;;1H3;(H3,1,2,3,4);. The van der Waals surface area contributed by atoms with Gasteiger partial charge in [-0.15, -0.1) is 0 Å². The van der Waals surface area contributed by atoms with Crippen LogP contribution in [0.5, 0.6) is 0 Å². The molecule has 5 nitrogen and oxygen atoms in total. The van der Waals surface area contributed by atoms with Crippen LogP contribution in [-0.2, 0) is 38.7 Å². The Kier molecular flexibility index (Phi) is 42.6. The summed E-state index contributed by atoms with van der Waals surface area (Å²) in [6, 6.07) is 0. The molecule has 9 heavy (non-hydrogen) atoms. The molecule has 0 aromatic carbocycles. The quantitative estimate of drug-likeness (QED) is 0.303. The van der Waals surface area contributed by atoms with Crippen LogP contribution >= 0.6 is 7.82 Å². The van der Waals surface area contributed by atoms with Gasteiger partial charge in [-0.25, -0.2) is 4.57 Å². The normalized spacial score (nSPS) is 6.56. The Bertz CT molecular complexity index is 66.7. The van der Waals surface area contributed by atoms with Gasteiger partial charge in [0, 0.05) is 34.1 Å². The van der Waals surface area contributed by atoms with Gasteiger partial charge in [-0.1, -0.05) is 0 Å². The zero-order valence-corrected chi connectivity index (χ0v) is 6.81. The minimum atomic E-state index is -4.64. The molecule has 0 spiro atoms. The van der Waals surface area contributed by atoms with Gasteiger partial charge in [-0.3, -0.25) is 0 Å². The Labute approximate surface area is 85.9 Å². The molecule has 0 bridgehead atoms. The van der Waals surface area contributed by atoms with E-state index >= 15 is 0 Å². The first-order valence-corrected chi connectivity index (χ1v) is 2.35. The molecule has 0 aliphatic carbocycles. The van der Waals surface area contributed by atoms with E-state index in [9.17, 15) is 0 Å². The summed E-state index contributed by atoms with van der Waals surface area (Å²) in [5.41, 5.74) is 0. The summed E-state index contributed by atoms with van der Waals surface area (Å²) in [6.45, 7) is 0. The predicted molar refractivity (Wildman–Crippen MR) is 26.4 cm³/mol. The van der Waals surface area contributed by atoms with E-state index < -0.39 is 7.82 Å². The van der Waals surface area contributed by atoms with Crippen LogP contribution in [0.4, 0.5) is 0 Å². The third-order valence-corrected chi connectivity index (χ3v) is 0. The van der Waals surface area contributed by atoms with Crippen LogP contribution in [0.25, 0.3) is 0 Å². The first-order chi connectivity index (χ1) is 2.00. The van der Waals surface area contributed by atoms with E-state index in [1.807, 2.05) is 0 Å². The van der Waals surface area contributed by atoms with Crippen molar-refractivity contribution in [3.05, 3.63) is 0 Å². The van der Waals surface area contributed by atoms with Crippen molar-refractivity contribution in [3.8, 4) is 0 Å². The summed E-state index contributed by atoms with van der Waals surface area (Å²) in [4.78, 5) is 21.6. The minimum Gasteiger partial charge on any atom is 0 e. The summed E-state index contributed by atoms with van der Waals surface area (Å²) in [7, 11) is -4.64. The summed E-state index contributed by atoms with van der Waals surface area (Å²) < 4.78 is 8.88. The first kappa shape index (κ1) is 31.0. The van der Waals surface area contributed by atoms with Gasteiger partial charge in [-0.05, 0) is 0 Å². The van der Waals surface area contributed by atoms with Crippen molar-refractivity contribution in [2.24, 2.45) is 0 Å². The van der Waals surface area contributed by atoms with Gasteiger partial charge in [0.15, 0.2) is 0 Å². The maximum Gasteiger partial charge on any atom is 0 e. The van der Waals surface area contributed by atoms with Crippen LogP contribution in [0.15, 0.2) is 0 Å². The SMILES string of the molecule is N.O=P(O)(O)O.[Fe].[LiH].[Mn]. The van der Waals surface area contributed by atoms with E-state index in [0.717, 1.165) is 0 Å². The second kappa shape index (κ2) is 12.4. The van der Waals surface area contributed by atoms with Gasteiger partial charge >= 0.3 is 26.7 Å². The van der Waals surface area contributed by atoms with Crippen molar-refractivity contribution in [2.75, 3.05) is 0 Å². The molecule has 0 fully saturated rings. The van der Waals surface area contributed by atoms with Crippen LogP contribution in [-0.4, -0.2) is 33.5 Å². The monoisotopic (exact) mass is 234 g/mol. The molecule has 0 aliphatic rings. The van der Waals surface area contributed by atoms with Crippen LogP contribution < -0.4 is 6.15 Å². The van der Waals surface area contributed by atoms with Crippen LogP contribution in [0.1, 0.15) is 0 Å². The Balaban J connectivity index is -0.0000000133. The van der Waals surface area contributed by atoms with Gasteiger partial charge < -0.3 is 20.8 Å². The van der Waals surface area contributed by atoms with E-state index in [1.165, 1.54) is 0 Å². The molecule has 0 aromatic heterocycles. The molecular formula is H7FeLiMnNO4P. The van der Waals surface area contributed by atoms with Gasteiger partial charge in [-0.2, -0.15) is 0 Å². The fourth-order valence-corrected chi connectivity index (χ4v) is 0. The molecule has 57 valence electrons. The molecule has 0 saturated carbocycles. The second-order valence-electron chi connectivity index (χ2n) is 0.513. The van der Waals surface area contributed by atoms with E-state index in [2.05, 4.69) is 0 Å². The summed E-state index contributed by atoms with van der Waals surface area (Å²) >= 11 is 0. The van der Waals surface area contributed by atoms with Crippen LogP contribution in [0.2, 0.25) is 0 Å². The largest absolute Gasteiger partial charge is 0 e. The molecule has 9 heteroatoms. The van der Waals surface area contributed by atoms with Crippen molar-refractivity contribution >= 4 is 26.7 Å². The van der Waals surface area contributed by atoms with Crippen LogP contribution in [0.3, 0.4) is 0 Å². The fourth-order valence-electron chi connectivity index (χ4n) is 0. The topological polar surface area (TPSA) is 113 Å². The van der Waals surface area contributed by atoms with Gasteiger partial charge in [0.05, 0.1) is 0 Å². The van der Waals surface area contributed by atoms with Crippen molar-refractivity contribution in [1.82, 2.24) is 6.15 Å². The van der Waals surface area contributed by atoms with Gasteiger partial charge in [0.2, 0.25) is 0 Å². The van der Waals surface area contributed by atoms with Gasteiger partial charge in [0.1, 0.15) is 0 Å². The minimum absolute atomic E-state index is 0. The third kappa shape index (κ3) is 198. The molecule has 0 rings (SSSR count). The molecular weight excluding hydrogens is 227 g/mol. The Hall–Kier alpha value is 1.71. The van der Waals surface area contributed by atoms with E-state index in [4.69, 9.17) is 19.2 Å². The summed E-state index contributed by atoms with van der Waals surface area (Å²) in [6.07, 6.45) is 0. The molecule has 6 N–H and O–H groups in total. The zero-order valence-electron chi connectivity index (χ0n) is 3.64. The molecule has 0 aliphatic heterocycles. The molecule has 0 amide bonds. The van der Waals surface area contributed by atoms with Crippen LogP contribution in [0, 0.1) is 0 Å². The second-order valence-corrected chi connectivity index (χ2v) is 1.54. The number of phosphoric acid groups is 1. The number of hydrogen-bond acceptors (Lipinski definition) is 2. The molecule has 1 radical (unpaired) electrons. The van der Waals surface area contributed by atoms with Crippen molar-refractivity contribution in [2.45, 2.75) is 0 Å². The Morgan fingerprint density at radius 2 is 1.11 bits per heavy atom. The summed E-state index contributed by atoms with van der Waals surface area (Å²) in [5.74, 6) is 0. The number of rotatable bonds is 0. The summed E-state index contributed by atoms with van der Waals surface area (Å²) in [5, 5.41) is 0. The molecule has 0 unspecified atom stereocenters. The first-order valence-electron chi connectivity index (χ1n) is 0.783. The molecule has 0 atom stereocenters. The average Bonchev–Trinajstić information content (AvgIpc) is 0.722. The molecule has 0 saturated heterocycles. The van der Waals surface area contributed by atoms with E-state index in [0.29, 0.717) is 0 Å². The Morgan fingerprint density at radius 3 is 1.11 bits per heavy atom. The predicted octanol–water partition coefficient (Wildman–Crippen LogP) is -1.42. The fraction of sp³-hybridized carbons (Fsp3) is 0. The van der Waals surface area contributed by atoms with E-state index in [1.54, 1.807) is 0 Å².